The molecule has 1 heterocycles. The number of hydrogen-bond acceptors (Lipinski definition) is 9. The number of aromatic hydroxyl groups is 1. The van der Waals surface area contributed by atoms with Crippen LogP contribution in [0.25, 0.3) is 21.9 Å². The maximum absolute atomic E-state index is 13.1. The van der Waals surface area contributed by atoms with Crippen LogP contribution in [0.3, 0.4) is 0 Å². The van der Waals surface area contributed by atoms with Gasteiger partial charge in [0.1, 0.15) is 28.1 Å². The van der Waals surface area contributed by atoms with Crippen molar-refractivity contribution >= 4 is 27.9 Å². The van der Waals surface area contributed by atoms with Gasteiger partial charge in [0.15, 0.2) is 0 Å². The number of esters is 1. The van der Waals surface area contributed by atoms with Crippen molar-refractivity contribution in [3.05, 3.63) is 45.6 Å². The first kappa shape index (κ1) is 20.6. The van der Waals surface area contributed by atoms with Crippen molar-refractivity contribution in [3.8, 4) is 11.5 Å². The molecule has 9 nitrogen and oxygen atoms in total. The second-order valence-corrected chi connectivity index (χ2v) is 6.42. The zero-order chi connectivity index (χ0) is 21.3. The Morgan fingerprint density at radius 2 is 1.76 bits per heavy atom. The second kappa shape index (κ2) is 8.08. The first-order valence-electron chi connectivity index (χ1n) is 8.65. The SMILES string of the molecule is COC(=O)c1cc(OC)cc2oc3cc(C(CO)C(O)CO)cc(O)c3c(=O)c12. The molecule has 0 aliphatic carbocycles. The fourth-order valence-corrected chi connectivity index (χ4v) is 3.26. The Hall–Kier alpha value is -3.14. The van der Waals surface area contributed by atoms with Crippen LogP contribution in [-0.4, -0.2) is 59.9 Å². The van der Waals surface area contributed by atoms with Gasteiger partial charge in [-0.05, 0) is 23.8 Å². The third-order valence-electron chi connectivity index (χ3n) is 4.77. The smallest absolute Gasteiger partial charge is 0.338 e. The summed E-state index contributed by atoms with van der Waals surface area (Å²) in [5, 5.41) is 38.8. The Balaban J connectivity index is 2.38. The molecule has 4 N–H and O–H groups in total. The highest BCUT2D eigenvalue weighted by molar-refractivity contribution is 6.06. The number of benzene rings is 2. The Kier molecular flexibility index (Phi) is 5.73. The van der Waals surface area contributed by atoms with Crippen LogP contribution < -0.4 is 10.2 Å². The van der Waals surface area contributed by atoms with E-state index in [1.807, 2.05) is 0 Å². The Morgan fingerprint density at radius 1 is 1.07 bits per heavy atom. The molecule has 0 radical (unpaired) electrons. The molecule has 2 unspecified atom stereocenters. The number of carbonyl (C=O) groups excluding carboxylic acids is 1. The quantitative estimate of drug-likeness (QED) is 0.347. The highest BCUT2D eigenvalue weighted by Crippen LogP contribution is 2.33. The minimum Gasteiger partial charge on any atom is -0.507 e. The minimum absolute atomic E-state index is 0.0230. The van der Waals surface area contributed by atoms with Crippen LogP contribution in [0.1, 0.15) is 21.8 Å². The summed E-state index contributed by atoms with van der Waals surface area (Å²) >= 11 is 0. The molecule has 2 atom stereocenters. The number of ether oxygens (including phenoxy) is 2. The molecule has 29 heavy (non-hydrogen) atoms. The predicted octanol–water partition coefficient (Wildman–Crippen LogP) is 0.876. The van der Waals surface area contributed by atoms with Crippen molar-refractivity contribution < 1.29 is 39.1 Å². The summed E-state index contributed by atoms with van der Waals surface area (Å²) in [5.74, 6) is -1.89. The lowest BCUT2D eigenvalue weighted by molar-refractivity contribution is 0.0526. The lowest BCUT2D eigenvalue weighted by atomic mass is 9.93. The summed E-state index contributed by atoms with van der Waals surface area (Å²) in [6, 6.07) is 5.33. The van der Waals surface area contributed by atoms with Crippen molar-refractivity contribution in [3.63, 3.8) is 0 Å². The summed E-state index contributed by atoms with van der Waals surface area (Å²) in [4.78, 5) is 25.2. The molecular formula is C20H20O9. The topological polar surface area (TPSA) is 147 Å². The van der Waals surface area contributed by atoms with Crippen LogP contribution in [0, 0.1) is 0 Å². The molecule has 9 heteroatoms. The van der Waals surface area contributed by atoms with E-state index in [-0.39, 0.29) is 38.8 Å². The monoisotopic (exact) mass is 404 g/mol. The van der Waals surface area contributed by atoms with Gasteiger partial charge in [-0.1, -0.05) is 0 Å². The number of phenols is 1. The number of fused-ring (bicyclic) bond motifs is 2. The summed E-state index contributed by atoms with van der Waals surface area (Å²) in [5.41, 5.74) is -0.466. The third-order valence-corrected chi connectivity index (χ3v) is 4.77. The lowest BCUT2D eigenvalue weighted by Gasteiger charge is -2.20. The zero-order valence-corrected chi connectivity index (χ0v) is 15.7. The van der Waals surface area contributed by atoms with Gasteiger partial charge in [0, 0.05) is 12.0 Å². The Bertz CT molecular complexity index is 1130. The fourth-order valence-electron chi connectivity index (χ4n) is 3.26. The van der Waals surface area contributed by atoms with E-state index in [4.69, 9.17) is 13.9 Å². The van der Waals surface area contributed by atoms with E-state index in [9.17, 15) is 30.0 Å². The van der Waals surface area contributed by atoms with Crippen LogP contribution in [0.4, 0.5) is 0 Å². The summed E-state index contributed by atoms with van der Waals surface area (Å²) in [6.07, 6.45) is -1.28. The van der Waals surface area contributed by atoms with E-state index >= 15 is 0 Å². The molecule has 0 saturated carbocycles. The van der Waals surface area contributed by atoms with Crippen LogP contribution in [0.2, 0.25) is 0 Å². The van der Waals surface area contributed by atoms with Crippen molar-refractivity contribution in [1.82, 2.24) is 0 Å². The highest BCUT2D eigenvalue weighted by atomic mass is 16.5. The number of hydrogen-bond donors (Lipinski definition) is 4. The molecule has 0 fully saturated rings. The van der Waals surface area contributed by atoms with Crippen molar-refractivity contribution in [2.45, 2.75) is 12.0 Å². The van der Waals surface area contributed by atoms with E-state index in [0.717, 1.165) is 0 Å². The molecule has 3 rings (SSSR count). The van der Waals surface area contributed by atoms with E-state index in [2.05, 4.69) is 0 Å². The van der Waals surface area contributed by atoms with Gasteiger partial charge in [0.25, 0.3) is 0 Å². The number of carbonyl (C=O) groups is 1. The average molecular weight is 404 g/mol. The maximum atomic E-state index is 13.1. The zero-order valence-electron chi connectivity index (χ0n) is 15.7. The molecule has 0 bridgehead atoms. The van der Waals surface area contributed by atoms with Gasteiger partial charge < -0.3 is 34.3 Å². The van der Waals surface area contributed by atoms with Crippen molar-refractivity contribution in [1.29, 1.82) is 0 Å². The molecule has 0 spiro atoms. The first-order valence-corrected chi connectivity index (χ1v) is 8.65. The van der Waals surface area contributed by atoms with Crippen molar-refractivity contribution in [2.24, 2.45) is 0 Å². The third kappa shape index (κ3) is 3.51. The molecule has 0 aliphatic rings. The summed E-state index contributed by atoms with van der Waals surface area (Å²) < 4.78 is 15.6. The van der Waals surface area contributed by atoms with Gasteiger partial charge in [-0.15, -0.1) is 0 Å². The highest BCUT2D eigenvalue weighted by Gasteiger charge is 2.25. The molecular weight excluding hydrogens is 384 g/mol. The number of aliphatic hydroxyl groups is 3. The molecule has 0 aliphatic heterocycles. The number of aliphatic hydroxyl groups excluding tert-OH is 3. The normalized spacial score (nSPS) is 13.4. The Morgan fingerprint density at radius 3 is 2.34 bits per heavy atom. The molecule has 2 aromatic carbocycles. The summed E-state index contributed by atoms with van der Waals surface area (Å²) in [6.45, 7) is -1.11. The van der Waals surface area contributed by atoms with Crippen LogP contribution >= 0.6 is 0 Å². The van der Waals surface area contributed by atoms with Gasteiger partial charge >= 0.3 is 5.97 Å². The summed E-state index contributed by atoms with van der Waals surface area (Å²) in [7, 11) is 2.55. The van der Waals surface area contributed by atoms with Crippen LogP contribution in [0.5, 0.6) is 11.5 Å². The van der Waals surface area contributed by atoms with Gasteiger partial charge in [0.2, 0.25) is 5.43 Å². The predicted molar refractivity (Wildman–Crippen MR) is 102 cm³/mol. The molecule has 0 saturated heterocycles. The standard InChI is InChI=1S/C20H20O9/c1-27-10-5-11(20(26)28-2)17-16(6-10)29-15-4-9(12(7-21)14(24)8-22)3-13(23)18(15)19(17)25/h3-6,12,14,21-24H,7-8H2,1-2H3. The molecule has 3 aromatic rings. The molecule has 1 aromatic heterocycles. The maximum Gasteiger partial charge on any atom is 0.338 e. The minimum atomic E-state index is -1.28. The fraction of sp³-hybridized carbons (Fsp3) is 0.300. The van der Waals surface area contributed by atoms with Crippen LogP contribution in [0.15, 0.2) is 33.5 Å². The van der Waals surface area contributed by atoms with E-state index in [1.165, 1.54) is 38.5 Å². The van der Waals surface area contributed by atoms with Gasteiger partial charge in [0.05, 0.1) is 44.5 Å². The lowest BCUT2D eigenvalue weighted by Crippen LogP contribution is -2.25. The van der Waals surface area contributed by atoms with E-state index in [1.54, 1.807) is 0 Å². The number of methoxy groups -OCH3 is 2. The van der Waals surface area contributed by atoms with Crippen LogP contribution in [-0.2, 0) is 4.74 Å². The van der Waals surface area contributed by atoms with Gasteiger partial charge in [-0.3, -0.25) is 4.79 Å². The van der Waals surface area contributed by atoms with Gasteiger partial charge in [-0.25, -0.2) is 4.79 Å². The Labute approximate surface area is 164 Å². The van der Waals surface area contributed by atoms with E-state index < -0.39 is 42.4 Å². The molecule has 0 amide bonds. The average Bonchev–Trinajstić information content (AvgIpc) is 2.72. The van der Waals surface area contributed by atoms with Crippen molar-refractivity contribution in [2.75, 3.05) is 27.4 Å². The largest absolute Gasteiger partial charge is 0.507 e. The number of rotatable bonds is 6. The molecule has 154 valence electrons. The second-order valence-electron chi connectivity index (χ2n) is 6.42. The first-order chi connectivity index (χ1) is 13.9. The number of phenolic OH excluding ortho intramolecular Hbond substituents is 1. The van der Waals surface area contributed by atoms with E-state index in [0.29, 0.717) is 0 Å². The van der Waals surface area contributed by atoms with Gasteiger partial charge in [-0.2, -0.15) is 0 Å².